The fourth-order valence-electron chi connectivity index (χ4n) is 2.18. The summed E-state index contributed by atoms with van der Waals surface area (Å²) in [7, 11) is 0. The standard InChI is InChI=1S/C15H24N4/c1-4-18(5-2)11-8-12-19(6-3)15-14(13-16)9-7-10-17-15/h7,9-10H,4-6,8,11-12H2,1-3H3. The zero-order valence-electron chi connectivity index (χ0n) is 12.3. The van der Waals surface area contributed by atoms with Crippen LogP contribution in [0.25, 0.3) is 0 Å². The Bertz CT molecular complexity index is 407. The first-order valence-electron chi connectivity index (χ1n) is 7.09. The van der Waals surface area contributed by atoms with E-state index in [-0.39, 0.29) is 0 Å². The molecule has 0 aliphatic rings. The molecule has 0 aliphatic heterocycles. The average molecular weight is 260 g/mol. The number of aromatic nitrogens is 1. The van der Waals surface area contributed by atoms with E-state index in [0.717, 1.165) is 45.0 Å². The van der Waals surface area contributed by atoms with E-state index in [2.05, 4.69) is 41.6 Å². The number of rotatable bonds is 8. The summed E-state index contributed by atoms with van der Waals surface area (Å²) >= 11 is 0. The second-order valence-electron chi connectivity index (χ2n) is 4.45. The van der Waals surface area contributed by atoms with Crippen molar-refractivity contribution in [3.05, 3.63) is 23.9 Å². The van der Waals surface area contributed by atoms with Gasteiger partial charge in [-0.15, -0.1) is 0 Å². The van der Waals surface area contributed by atoms with Gasteiger partial charge in [0.05, 0.1) is 5.56 Å². The fourth-order valence-corrected chi connectivity index (χ4v) is 2.18. The van der Waals surface area contributed by atoms with E-state index < -0.39 is 0 Å². The molecule has 0 saturated carbocycles. The van der Waals surface area contributed by atoms with Gasteiger partial charge in [0.15, 0.2) is 0 Å². The molecule has 104 valence electrons. The molecule has 0 spiro atoms. The summed E-state index contributed by atoms with van der Waals surface area (Å²) in [5.41, 5.74) is 0.659. The van der Waals surface area contributed by atoms with Crippen molar-refractivity contribution < 1.29 is 0 Å². The first-order chi connectivity index (χ1) is 9.26. The van der Waals surface area contributed by atoms with E-state index in [1.165, 1.54) is 0 Å². The van der Waals surface area contributed by atoms with E-state index in [1.54, 1.807) is 6.20 Å². The maximum atomic E-state index is 9.13. The predicted molar refractivity (Wildman–Crippen MR) is 79.2 cm³/mol. The number of nitrogens with zero attached hydrogens (tertiary/aromatic N) is 4. The Morgan fingerprint density at radius 2 is 1.89 bits per heavy atom. The molecule has 0 unspecified atom stereocenters. The summed E-state index contributed by atoms with van der Waals surface area (Å²) in [4.78, 5) is 8.95. The highest BCUT2D eigenvalue weighted by Gasteiger charge is 2.10. The lowest BCUT2D eigenvalue weighted by Gasteiger charge is -2.25. The van der Waals surface area contributed by atoms with Crippen molar-refractivity contribution in [1.29, 1.82) is 5.26 Å². The Labute approximate surface area is 116 Å². The van der Waals surface area contributed by atoms with Gasteiger partial charge >= 0.3 is 0 Å². The summed E-state index contributed by atoms with van der Waals surface area (Å²) in [5, 5.41) is 9.13. The lowest BCUT2D eigenvalue weighted by Crippen LogP contribution is -2.30. The summed E-state index contributed by atoms with van der Waals surface area (Å²) < 4.78 is 0. The third-order valence-electron chi connectivity index (χ3n) is 3.39. The van der Waals surface area contributed by atoms with Gasteiger partial charge in [-0.3, -0.25) is 0 Å². The van der Waals surface area contributed by atoms with Crippen LogP contribution in [0.1, 0.15) is 32.8 Å². The van der Waals surface area contributed by atoms with E-state index in [4.69, 9.17) is 5.26 Å². The summed E-state index contributed by atoms with van der Waals surface area (Å²) in [6.07, 6.45) is 2.85. The molecule has 0 N–H and O–H groups in total. The van der Waals surface area contributed by atoms with Crippen LogP contribution >= 0.6 is 0 Å². The summed E-state index contributed by atoms with van der Waals surface area (Å²) in [6.45, 7) is 11.6. The van der Waals surface area contributed by atoms with Crippen molar-refractivity contribution in [2.75, 3.05) is 37.6 Å². The minimum atomic E-state index is 0.659. The van der Waals surface area contributed by atoms with Gasteiger partial charge in [0.1, 0.15) is 11.9 Å². The van der Waals surface area contributed by atoms with E-state index in [1.807, 2.05) is 12.1 Å². The normalized spacial score (nSPS) is 10.5. The van der Waals surface area contributed by atoms with Gasteiger partial charge in [-0.2, -0.15) is 5.26 Å². The lowest BCUT2D eigenvalue weighted by molar-refractivity contribution is 0.300. The molecule has 1 aromatic rings. The average Bonchev–Trinajstić information content (AvgIpc) is 2.48. The van der Waals surface area contributed by atoms with Crippen LogP contribution in [0, 0.1) is 11.3 Å². The van der Waals surface area contributed by atoms with Crippen molar-refractivity contribution in [2.24, 2.45) is 0 Å². The highest BCUT2D eigenvalue weighted by Crippen LogP contribution is 2.16. The minimum absolute atomic E-state index is 0.659. The molecular weight excluding hydrogens is 236 g/mol. The Kier molecular flexibility index (Phi) is 6.91. The van der Waals surface area contributed by atoms with Crippen molar-refractivity contribution in [3.8, 4) is 6.07 Å². The van der Waals surface area contributed by atoms with Crippen molar-refractivity contribution >= 4 is 5.82 Å². The molecule has 19 heavy (non-hydrogen) atoms. The van der Waals surface area contributed by atoms with Crippen LogP contribution in [-0.4, -0.2) is 42.6 Å². The molecule has 1 aromatic heterocycles. The number of anilines is 1. The second-order valence-corrected chi connectivity index (χ2v) is 4.45. The largest absolute Gasteiger partial charge is 0.356 e. The van der Waals surface area contributed by atoms with Gasteiger partial charge in [-0.1, -0.05) is 13.8 Å². The maximum Gasteiger partial charge on any atom is 0.146 e. The van der Waals surface area contributed by atoms with E-state index >= 15 is 0 Å². The number of hydrogen-bond acceptors (Lipinski definition) is 4. The van der Waals surface area contributed by atoms with Gasteiger partial charge < -0.3 is 9.80 Å². The van der Waals surface area contributed by atoms with Crippen LogP contribution < -0.4 is 4.90 Å². The highest BCUT2D eigenvalue weighted by molar-refractivity contribution is 5.53. The number of nitriles is 1. The molecule has 0 amide bonds. The summed E-state index contributed by atoms with van der Waals surface area (Å²) in [5.74, 6) is 0.812. The van der Waals surface area contributed by atoms with E-state index in [0.29, 0.717) is 5.56 Å². The monoisotopic (exact) mass is 260 g/mol. The molecule has 4 nitrogen and oxygen atoms in total. The minimum Gasteiger partial charge on any atom is -0.356 e. The molecule has 0 aromatic carbocycles. The Balaban J connectivity index is 2.61. The first-order valence-corrected chi connectivity index (χ1v) is 7.09. The molecule has 0 fully saturated rings. The van der Waals surface area contributed by atoms with Gasteiger partial charge in [-0.05, 0) is 45.1 Å². The smallest absolute Gasteiger partial charge is 0.146 e. The molecule has 0 saturated heterocycles. The molecule has 0 aliphatic carbocycles. The third-order valence-corrected chi connectivity index (χ3v) is 3.39. The van der Waals surface area contributed by atoms with Crippen LogP contribution in [0.3, 0.4) is 0 Å². The Hall–Kier alpha value is -1.60. The molecule has 4 heteroatoms. The Morgan fingerprint density at radius 3 is 2.47 bits per heavy atom. The van der Waals surface area contributed by atoms with Crippen LogP contribution in [0.5, 0.6) is 0 Å². The SMILES string of the molecule is CCN(CC)CCCN(CC)c1ncccc1C#N. The topological polar surface area (TPSA) is 43.2 Å². The summed E-state index contributed by atoms with van der Waals surface area (Å²) in [6, 6.07) is 5.86. The molecule has 0 bridgehead atoms. The van der Waals surface area contributed by atoms with Gasteiger partial charge in [0, 0.05) is 19.3 Å². The van der Waals surface area contributed by atoms with E-state index in [9.17, 15) is 0 Å². The second kappa shape index (κ2) is 8.49. The van der Waals surface area contributed by atoms with Crippen LogP contribution in [0.4, 0.5) is 5.82 Å². The third kappa shape index (κ3) is 4.53. The van der Waals surface area contributed by atoms with Crippen molar-refractivity contribution in [3.63, 3.8) is 0 Å². The molecular formula is C15H24N4. The highest BCUT2D eigenvalue weighted by atomic mass is 15.2. The van der Waals surface area contributed by atoms with Crippen LogP contribution in [0.15, 0.2) is 18.3 Å². The lowest BCUT2D eigenvalue weighted by atomic mass is 10.2. The quantitative estimate of drug-likeness (QED) is 0.720. The number of pyridine rings is 1. The fraction of sp³-hybridized carbons (Fsp3) is 0.600. The van der Waals surface area contributed by atoms with Crippen LogP contribution in [-0.2, 0) is 0 Å². The van der Waals surface area contributed by atoms with Crippen molar-refractivity contribution in [2.45, 2.75) is 27.2 Å². The molecule has 1 rings (SSSR count). The Morgan fingerprint density at radius 1 is 1.16 bits per heavy atom. The molecule has 1 heterocycles. The molecule has 0 radical (unpaired) electrons. The zero-order chi connectivity index (χ0) is 14.1. The van der Waals surface area contributed by atoms with Crippen LogP contribution in [0.2, 0.25) is 0 Å². The first kappa shape index (κ1) is 15.5. The maximum absolute atomic E-state index is 9.13. The van der Waals surface area contributed by atoms with Gasteiger partial charge in [0.25, 0.3) is 0 Å². The predicted octanol–water partition coefficient (Wildman–Crippen LogP) is 2.51. The van der Waals surface area contributed by atoms with Gasteiger partial charge in [0.2, 0.25) is 0 Å². The van der Waals surface area contributed by atoms with Gasteiger partial charge in [-0.25, -0.2) is 4.98 Å². The number of hydrogen-bond donors (Lipinski definition) is 0. The zero-order valence-corrected chi connectivity index (χ0v) is 12.3. The molecule has 0 atom stereocenters. The van der Waals surface area contributed by atoms with Crippen molar-refractivity contribution in [1.82, 2.24) is 9.88 Å².